The SMILES string of the molecule is CC(C)(C)NCC1CCCN1CCOc1ccc(Br)cc1. The Labute approximate surface area is 137 Å². The van der Waals surface area contributed by atoms with Gasteiger partial charge in [-0.1, -0.05) is 15.9 Å². The lowest BCUT2D eigenvalue weighted by Crippen LogP contribution is -2.46. The van der Waals surface area contributed by atoms with E-state index < -0.39 is 0 Å². The van der Waals surface area contributed by atoms with Gasteiger partial charge in [-0.15, -0.1) is 0 Å². The molecule has 1 fully saturated rings. The van der Waals surface area contributed by atoms with Crippen LogP contribution in [0.5, 0.6) is 5.75 Å². The quantitative estimate of drug-likeness (QED) is 0.843. The molecule has 0 radical (unpaired) electrons. The molecule has 1 aliphatic rings. The Hall–Kier alpha value is -0.580. The molecule has 1 aromatic rings. The van der Waals surface area contributed by atoms with Gasteiger partial charge in [0, 0.05) is 29.1 Å². The summed E-state index contributed by atoms with van der Waals surface area (Å²) in [4.78, 5) is 2.55. The van der Waals surface area contributed by atoms with Gasteiger partial charge >= 0.3 is 0 Å². The Balaban J connectivity index is 1.72. The van der Waals surface area contributed by atoms with E-state index in [1.54, 1.807) is 0 Å². The monoisotopic (exact) mass is 354 g/mol. The van der Waals surface area contributed by atoms with Crippen LogP contribution >= 0.6 is 15.9 Å². The van der Waals surface area contributed by atoms with Crippen molar-refractivity contribution in [2.75, 3.05) is 26.2 Å². The van der Waals surface area contributed by atoms with Crippen LogP contribution in [-0.4, -0.2) is 42.7 Å². The lowest BCUT2D eigenvalue weighted by molar-refractivity contribution is 0.188. The van der Waals surface area contributed by atoms with E-state index in [-0.39, 0.29) is 5.54 Å². The maximum Gasteiger partial charge on any atom is 0.119 e. The molecule has 0 spiro atoms. The molecule has 4 heteroatoms. The number of halogens is 1. The smallest absolute Gasteiger partial charge is 0.119 e. The summed E-state index contributed by atoms with van der Waals surface area (Å²) in [6.07, 6.45) is 2.59. The first-order valence-electron chi connectivity index (χ1n) is 7.81. The average molecular weight is 355 g/mol. The van der Waals surface area contributed by atoms with Crippen LogP contribution in [0.4, 0.5) is 0 Å². The van der Waals surface area contributed by atoms with Gasteiger partial charge in [-0.3, -0.25) is 4.90 Å². The Morgan fingerprint density at radius 1 is 1.29 bits per heavy atom. The van der Waals surface area contributed by atoms with Crippen LogP contribution < -0.4 is 10.1 Å². The molecule has 118 valence electrons. The molecule has 1 aromatic carbocycles. The molecule has 1 saturated heterocycles. The minimum Gasteiger partial charge on any atom is -0.492 e. The Kier molecular flexibility index (Phi) is 6.08. The summed E-state index contributed by atoms with van der Waals surface area (Å²) in [5.41, 5.74) is 0.197. The van der Waals surface area contributed by atoms with Crippen molar-refractivity contribution in [2.45, 2.75) is 45.2 Å². The van der Waals surface area contributed by atoms with Crippen LogP contribution in [0.2, 0.25) is 0 Å². The molecular formula is C17H27BrN2O. The second kappa shape index (κ2) is 7.61. The fourth-order valence-corrected chi connectivity index (χ4v) is 2.92. The zero-order chi connectivity index (χ0) is 15.3. The Morgan fingerprint density at radius 3 is 2.67 bits per heavy atom. The van der Waals surface area contributed by atoms with Gasteiger partial charge in [0.2, 0.25) is 0 Å². The molecule has 0 bridgehead atoms. The summed E-state index contributed by atoms with van der Waals surface area (Å²) in [7, 11) is 0. The highest BCUT2D eigenvalue weighted by Gasteiger charge is 2.25. The van der Waals surface area contributed by atoms with Crippen LogP contribution in [0.15, 0.2) is 28.7 Å². The number of ether oxygens (including phenoxy) is 1. The maximum atomic E-state index is 5.83. The highest BCUT2D eigenvalue weighted by atomic mass is 79.9. The summed E-state index contributed by atoms with van der Waals surface area (Å²) < 4.78 is 6.92. The number of likely N-dealkylation sites (tertiary alicyclic amines) is 1. The standard InChI is InChI=1S/C17H27BrN2O/c1-17(2,3)19-13-15-5-4-10-20(15)11-12-21-16-8-6-14(18)7-9-16/h6-9,15,19H,4-5,10-13H2,1-3H3. The molecule has 0 saturated carbocycles. The summed E-state index contributed by atoms with van der Waals surface area (Å²) in [5.74, 6) is 0.946. The molecule has 1 atom stereocenters. The molecule has 1 aliphatic heterocycles. The highest BCUT2D eigenvalue weighted by Crippen LogP contribution is 2.18. The molecule has 1 heterocycles. The largest absolute Gasteiger partial charge is 0.492 e. The van der Waals surface area contributed by atoms with Crippen molar-refractivity contribution in [3.8, 4) is 5.75 Å². The number of nitrogens with zero attached hydrogens (tertiary/aromatic N) is 1. The van der Waals surface area contributed by atoms with E-state index >= 15 is 0 Å². The van der Waals surface area contributed by atoms with Gasteiger partial charge in [0.25, 0.3) is 0 Å². The van der Waals surface area contributed by atoms with E-state index in [0.717, 1.165) is 29.9 Å². The van der Waals surface area contributed by atoms with E-state index in [1.165, 1.54) is 19.4 Å². The molecule has 2 rings (SSSR count). The van der Waals surface area contributed by atoms with E-state index in [0.29, 0.717) is 6.04 Å². The predicted octanol–water partition coefficient (Wildman–Crippen LogP) is 3.68. The fraction of sp³-hybridized carbons (Fsp3) is 0.647. The molecule has 0 aliphatic carbocycles. The van der Waals surface area contributed by atoms with Crippen molar-refractivity contribution < 1.29 is 4.74 Å². The van der Waals surface area contributed by atoms with Gasteiger partial charge in [0.1, 0.15) is 12.4 Å². The summed E-state index contributed by atoms with van der Waals surface area (Å²) in [6.45, 7) is 10.7. The third-order valence-electron chi connectivity index (χ3n) is 3.83. The van der Waals surface area contributed by atoms with Gasteiger partial charge in [-0.05, 0) is 64.4 Å². The van der Waals surface area contributed by atoms with Gasteiger partial charge in [-0.2, -0.15) is 0 Å². The van der Waals surface area contributed by atoms with Gasteiger partial charge < -0.3 is 10.1 Å². The van der Waals surface area contributed by atoms with Crippen molar-refractivity contribution >= 4 is 15.9 Å². The number of hydrogen-bond acceptors (Lipinski definition) is 3. The van der Waals surface area contributed by atoms with Gasteiger partial charge in [0.15, 0.2) is 0 Å². The van der Waals surface area contributed by atoms with Gasteiger partial charge in [0.05, 0.1) is 0 Å². The van der Waals surface area contributed by atoms with Crippen molar-refractivity contribution in [1.82, 2.24) is 10.2 Å². The van der Waals surface area contributed by atoms with Crippen LogP contribution in [0, 0.1) is 0 Å². The van der Waals surface area contributed by atoms with E-state index in [9.17, 15) is 0 Å². The zero-order valence-electron chi connectivity index (χ0n) is 13.4. The number of rotatable bonds is 6. The molecular weight excluding hydrogens is 328 g/mol. The number of benzene rings is 1. The molecule has 3 nitrogen and oxygen atoms in total. The van der Waals surface area contributed by atoms with Crippen molar-refractivity contribution in [3.63, 3.8) is 0 Å². The van der Waals surface area contributed by atoms with Crippen LogP contribution in [0.1, 0.15) is 33.6 Å². The maximum absolute atomic E-state index is 5.83. The van der Waals surface area contributed by atoms with E-state index in [2.05, 4.69) is 46.9 Å². The number of nitrogens with one attached hydrogen (secondary N) is 1. The minimum absolute atomic E-state index is 0.197. The third-order valence-corrected chi connectivity index (χ3v) is 4.36. The first kappa shape index (κ1) is 16.8. The molecule has 1 unspecified atom stereocenters. The van der Waals surface area contributed by atoms with Crippen LogP contribution in [0.25, 0.3) is 0 Å². The predicted molar refractivity (Wildman–Crippen MR) is 92.0 cm³/mol. The second-order valence-electron chi connectivity index (χ2n) is 6.77. The summed E-state index contributed by atoms with van der Waals surface area (Å²) >= 11 is 3.44. The molecule has 21 heavy (non-hydrogen) atoms. The van der Waals surface area contributed by atoms with E-state index in [4.69, 9.17) is 4.74 Å². The summed E-state index contributed by atoms with van der Waals surface area (Å²) in [6, 6.07) is 8.69. The average Bonchev–Trinajstić information content (AvgIpc) is 2.86. The lowest BCUT2D eigenvalue weighted by atomic mass is 10.1. The first-order valence-corrected chi connectivity index (χ1v) is 8.61. The normalized spacial score (nSPS) is 19.9. The summed E-state index contributed by atoms with van der Waals surface area (Å²) in [5, 5.41) is 3.62. The third kappa shape index (κ3) is 5.97. The zero-order valence-corrected chi connectivity index (χ0v) is 14.9. The van der Waals surface area contributed by atoms with Crippen molar-refractivity contribution in [2.24, 2.45) is 0 Å². The first-order chi connectivity index (χ1) is 9.94. The van der Waals surface area contributed by atoms with E-state index in [1.807, 2.05) is 24.3 Å². The Bertz CT molecular complexity index is 427. The van der Waals surface area contributed by atoms with Crippen molar-refractivity contribution in [1.29, 1.82) is 0 Å². The molecule has 0 aromatic heterocycles. The number of hydrogen-bond donors (Lipinski definition) is 1. The second-order valence-corrected chi connectivity index (χ2v) is 7.68. The lowest BCUT2D eigenvalue weighted by Gasteiger charge is -2.29. The highest BCUT2D eigenvalue weighted by molar-refractivity contribution is 9.10. The fourth-order valence-electron chi connectivity index (χ4n) is 2.66. The Morgan fingerprint density at radius 2 is 2.00 bits per heavy atom. The van der Waals surface area contributed by atoms with Crippen molar-refractivity contribution in [3.05, 3.63) is 28.7 Å². The topological polar surface area (TPSA) is 24.5 Å². The van der Waals surface area contributed by atoms with Crippen LogP contribution in [0.3, 0.4) is 0 Å². The minimum atomic E-state index is 0.197. The van der Waals surface area contributed by atoms with Crippen LogP contribution in [-0.2, 0) is 0 Å². The van der Waals surface area contributed by atoms with Gasteiger partial charge in [-0.25, -0.2) is 0 Å². The molecule has 1 N–H and O–H groups in total. The molecule has 0 amide bonds.